The molecule has 1 saturated heterocycles. The van der Waals surface area contributed by atoms with Crippen LogP contribution in [0.1, 0.15) is 30.5 Å². The number of aryl methyl sites for hydroxylation is 2. The van der Waals surface area contributed by atoms with Crippen LogP contribution in [0.15, 0.2) is 12.1 Å². The number of nitrogens with zero attached hydrogens (tertiary/aromatic N) is 1. The predicted molar refractivity (Wildman–Crippen MR) is 65.9 cm³/mol. The molecule has 0 spiro atoms. The molecule has 4 nitrogen and oxygen atoms in total. The summed E-state index contributed by atoms with van der Waals surface area (Å²) >= 11 is 0. The number of nitrogens with one attached hydrogen (secondary N) is 2. The van der Waals surface area contributed by atoms with E-state index in [1.165, 1.54) is 24.1 Å². The molecule has 1 atom stereocenters. The van der Waals surface area contributed by atoms with Crippen molar-refractivity contribution in [3.63, 3.8) is 0 Å². The van der Waals surface area contributed by atoms with Crippen LogP contribution in [0.4, 0.5) is 5.82 Å². The van der Waals surface area contributed by atoms with E-state index in [1.807, 2.05) is 0 Å². The van der Waals surface area contributed by atoms with Gasteiger partial charge in [0.25, 0.3) is 0 Å². The van der Waals surface area contributed by atoms with Gasteiger partial charge in [-0.2, -0.15) is 0 Å². The van der Waals surface area contributed by atoms with E-state index in [0.717, 1.165) is 18.7 Å². The topological polar surface area (TPSA) is 54.0 Å². The third-order valence-electron chi connectivity index (χ3n) is 3.55. The van der Waals surface area contributed by atoms with Crippen LogP contribution in [-0.2, 0) is 17.6 Å². The van der Waals surface area contributed by atoms with Gasteiger partial charge in [0.05, 0.1) is 0 Å². The highest BCUT2D eigenvalue weighted by Gasteiger charge is 2.19. The molecule has 1 aliphatic carbocycles. The molecule has 17 heavy (non-hydrogen) atoms. The molecule has 1 aromatic rings. The second-order valence-electron chi connectivity index (χ2n) is 4.84. The predicted octanol–water partition coefficient (Wildman–Crippen LogP) is 1.26. The minimum absolute atomic E-state index is 0.157. The van der Waals surface area contributed by atoms with Crippen molar-refractivity contribution in [1.29, 1.82) is 0 Å². The molecule has 2 N–H and O–H groups in total. The largest absolute Gasteiger partial charge is 0.366 e. The lowest BCUT2D eigenvalue weighted by molar-refractivity contribution is -0.122. The number of piperidine rings is 1. The fourth-order valence-corrected chi connectivity index (χ4v) is 2.57. The van der Waals surface area contributed by atoms with Crippen molar-refractivity contribution in [2.45, 2.75) is 38.1 Å². The van der Waals surface area contributed by atoms with Crippen LogP contribution in [0.25, 0.3) is 0 Å². The average Bonchev–Trinajstić information content (AvgIpc) is 2.79. The minimum Gasteiger partial charge on any atom is -0.366 e. The van der Waals surface area contributed by atoms with Crippen LogP contribution < -0.4 is 10.6 Å². The fraction of sp³-hybridized carbons (Fsp3) is 0.538. The van der Waals surface area contributed by atoms with Crippen LogP contribution in [0.3, 0.4) is 0 Å². The summed E-state index contributed by atoms with van der Waals surface area (Å²) in [5.41, 5.74) is 2.64. The molecule has 2 aliphatic rings. The molecule has 1 aliphatic heterocycles. The number of carbonyl (C=O) groups excluding carboxylic acids is 1. The van der Waals surface area contributed by atoms with E-state index in [0.29, 0.717) is 19.0 Å². The third kappa shape index (κ3) is 2.25. The number of amides is 1. The number of aromatic nitrogens is 1. The Balaban J connectivity index is 1.67. The van der Waals surface area contributed by atoms with Crippen LogP contribution in [-0.4, -0.2) is 23.5 Å². The highest BCUT2D eigenvalue weighted by Crippen LogP contribution is 2.22. The highest BCUT2D eigenvalue weighted by molar-refractivity contribution is 5.76. The van der Waals surface area contributed by atoms with Crippen molar-refractivity contribution in [2.24, 2.45) is 0 Å². The molecule has 1 fully saturated rings. The van der Waals surface area contributed by atoms with E-state index in [9.17, 15) is 4.79 Å². The van der Waals surface area contributed by atoms with E-state index in [1.54, 1.807) is 0 Å². The molecule has 0 bridgehead atoms. The first-order valence-corrected chi connectivity index (χ1v) is 6.33. The van der Waals surface area contributed by atoms with Gasteiger partial charge in [0, 0.05) is 24.7 Å². The summed E-state index contributed by atoms with van der Waals surface area (Å²) in [5, 5.41) is 6.28. The Hall–Kier alpha value is -1.58. The van der Waals surface area contributed by atoms with E-state index >= 15 is 0 Å². The van der Waals surface area contributed by atoms with Crippen molar-refractivity contribution in [1.82, 2.24) is 10.3 Å². The molecule has 4 heteroatoms. The SMILES string of the molecule is O=C1CCC(Nc2ccc3c(n2)CCC3)CN1. The summed E-state index contributed by atoms with van der Waals surface area (Å²) in [6, 6.07) is 4.55. The molecular weight excluding hydrogens is 214 g/mol. The Kier molecular flexibility index (Phi) is 2.71. The standard InChI is InChI=1S/C13H17N3O/c17-13-7-5-10(8-14-13)15-12-6-4-9-2-1-3-11(9)16-12/h4,6,10H,1-3,5,7-8H2,(H,14,17)(H,15,16). The molecule has 0 aromatic carbocycles. The van der Waals surface area contributed by atoms with E-state index in [4.69, 9.17) is 0 Å². The molecule has 0 radical (unpaired) electrons. The van der Waals surface area contributed by atoms with Crippen LogP contribution in [0.2, 0.25) is 0 Å². The Morgan fingerprint density at radius 2 is 2.24 bits per heavy atom. The van der Waals surface area contributed by atoms with E-state index < -0.39 is 0 Å². The van der Waals surface area contributed by atoms with Gasteiger partial charge in [-0.1, -0.05) is 6.07 Å². The Morgan fingerprint density at radius 1 is 1.29 bits per heavy atom. The van der Waals surface area contributed by atoms with E-state index in [2.05, 4.69) is 27.8 Å². The smallest absolute Gasteiger partial charge is 0.220 e. The van der Waals surface area contributed by atoms with Crippen molar-refractivity contribution in [2.75, 3.05) is 11.9 Å². The van der Waals surface area contributed by atoms with Crippen LogP contribution in [0.5, 0.6) is 0 Å². The minimum atomic E-state index is 0.157. The van der Waals surface area contributed by atoms with Gasteiger partial charge >= 0.3 is 0 Å². The van der Waals surface area contributed by atoms with Gasteiger partial charge < -0.3 is 10.6 Å². The van der Waals surface area contributed by atoms with Gasteiger partial charge in [-0.3, -0.25) is 4.79 Å². The first-order chi connectivity index (χ1) is 8.31. The molecule has 0 saturated carbocycles. The molecule has 3 rings (SSSR count). The normalized spacial score (nSPS) is 23.1. The van der Waals surface area contributed by atoms with Crippen molar-refractivity contribution >= 4 is 11.7 Å². The maximum atomic E-state index is 11.1. The van der Waals surface area contributed by atoms with Gasteiger partial charge in [0.1, 0.15) is 5.82 Å². The summed E-state index contributed by atoms with van der Waals surface area (Å²) in [5.74, 6) is 1.11. The summed E-state index contributed by atoms with van der Waals surface area (Å²) < 4.78 is 0. The van der Waals surface area contributed by atoms with Crippen molar-refractivity contribution in [3.8, 4) is 0 Å². The lowest BCUT2D eigenvalue weighted by atomic mass is 10.1. The number of hydrogen-bond acceptors (Lipinski definition) is 3. The summed E-state index contributed by atoms with van der Waals surface area (Å²) in [4.78, 5) is 15.7. The quantitative estimate of drug-likeness (QED) is 0.805. The zero-order chi connectivity index (χ0) is 11.7. The number of carbonyl (C=O) groups is 1. The third-order valence-corrected chi connectivity index (χ3v) is 3.55. The van der Waals surface area contributed by atoms with Gasteiger partial charge in [-0.15, -0.1) is 0 Å². The maximum Gasteiger partial charge on any atom is 0.220 e. The molecule has 1 amide bonds. The Bertz CT molecular complexity index is 434. The lowest BCUT2D eigenvalue weighted by Crippen LogP contribution is -2.42. The van der Waals surface area contributed by atoms with Crippen molar-refractivity contribution < 1.29 is 4.79 Å². The van der Waals surface area contributed by atoms with Gasteiger partial charge in [-0.05, 0) is 37.3 Å². The second-order valence-corrected chi connectivity index (χ2v) is 4.84. The average molecular weight is 231 g/mol. The van der Waals surface area contributed by atoms with Crippen LogP contribution in [0, 0.1) is 0 Å². The van der Waals surface area contributed by atoms with Gasteiger partial charge in [0.15, 0.2) is 0 Å². The monoisotopic (exact) mass is 231 g/mol. The molecule has 1 unspecified atom stereocenters. The van der Waals surface area contributed by atoms with Crippen molar-refractivity contribution in [3.05, 3.63) is 23.4 Å². The molecular formula is C13H17N3O. The first kappa shape index (κ1) is 10.6. The molecule has 90 valence electrons. The number of pyridine rings is 1. The van der Waals surface area contributed by atoms with Crippen LogP contribution >= 0.6 is 0 Å². The lowest BCUT2D eigenvalue weighted by Gasteiger charge is -2.24. The first-order valence-electron chi connectivity index (χ1n) is 6.33. The number of hydrogen-bond donors (Lipinski definition) is 2. The Labute approximate surface area is 101 Å². The highest BCUT2D eigenvalue weighted by atomic mass is 16.1. The second kappa shape index (κ2) is 4.35. The number of fused-ring (bicyclic) bond motifs is 1. The fourth-order valence-electron chi connectivity index (χ4n) is 2.57. The molecule has 1 aromatic heterocycles. The summed E-state index contributed by atoms with van der Waals surface area (Å²) in [6.45, 7) is 0.706. The molecule has 2 heterocycles. The number of anilines is 1. The van der Waals surface area contributed by atoms with Gasteiger partial charge in [0.2, 0.25) is 5.91 Å². The maximum absolute atomic E-state index is 11.1. The summed E-state index contributed by atoms with van der Waals surface area (Å²) in [6.07, 6.45) is 5.01. The zero-order valence-electron chi connectivity index (χ0n) is 9.83. The van der Waals surface area contributed by atoms with E-state index in [-0.39, 0.29) is 5.91 Å². The zero-order valence-corrected chi connectivity index (χ0v) is 9.83. The Morgan fingerprint density at radius 3 is 3.06 bits per heavy atom. The number of rotatable bonds is 2. The summed E-state index contributed by atoms with van der Waals surface area (Å²) in [7, 11) is 0. The van der Waals surface area contributed by atoms with Gasteiger partial charge in [-0.25, -0.2) is 4.98 Å².